The number of piperidine rings is 1. The molecule has 0 aromatic rings. The third kappa shape index (κ3) is 4.03. The predicted octanol–water partition coefficient (Wildman–Crippen LogP) is 2.00. The van der Waals surface area contributed by atoms with Crippen LogP contribution in [0.5, 0.6) is 0 Å². The smallest absolute Gasteiger partial charge is 0.246 e. The second-order valence-electron chi connectivity index (χ2n) is 9.53. The van der Waals surface area contributed by atoms with Crippen LogP contribution in [0.4, 0.5) is 4.39 Å². The zero-order valence-corrected chi connectivity index (χ0v) is 17.2. The maximum Gasteiger partial charge on any atom is 0.246 e. The van der Waals surface area contributed by atoms with Gasteiger partial charge in [0.25, 0.3) is 0 Å². The Balaban J connectivity index is 1.15. The summed E-state index contributed by atoms with van der Waals surface area (Å²) in [6.45, 7) is 3.09. The zero-order valence-electron chi connectivity index (χ0n) is 16.4. The molecule has 1 aliphatic heterocycles. The molecule has 5 atom stereocenters. The van der Waals surface area contributed by atoms with Crippen LogP contribution in [-0.4, -0.2) is 54.3 Å². The highest BCUT2D eigenvalue weighted by molar-refractivity contribution is 6.21. The number of ether oxygens (including phenoxy) is 1. The van der Waals surface area contributed by atoms with E-state index < -0.39 is 11.5 Å². The number of halogens is 2. The van der Waals surface area contributed by atoms with Crippen LogP contribution in [0.3, 0.4) is 0 Å². The summed E-state index contributed by atoms with van der Waals surface area (Å²) in [6, 6.07) is 0. The Hall–Kier alpha value is -0.920. The molecule has 0 aromatic heterocycles. The number of nitrogens with one attached hydrogen (secondary N) is 3. The molecule has 1 saturated heterocycles. The van der Waals surface area contributed by atoms with E-state index in [1.165, 1.54) is 0 Å². The first-order valence-corrected chi connectivity index (χ1v) is 11.0. The molecular formula is C20H31ClFN3O3. The molecule has 5 aliphatic rings. The van der Waals surface area contributed by atoms with Crippen molar-refractivity contribution in [1.29, 1.82) is 0 Å². The van der Waals surface area contributed by atoms with Crippen LogP contribution in [0.1, 0.15) is 58.3 Å². The third-order valence-corrected chi connectivity index (χ3v) is 7.47. The Bertz CT molecular complexity index is 606. The van der Waals surface area contributed by atoms with Gasteiger partial charge in [0.05, 0.1) is 23.1 Å². The second kappa shape index (κ2) is 7.73. The van der Waals surface area contributed by atoms with Crippen LogP contribution in [-0.2, 0) is 14.3 Å². The van der Waals surface area contributed by atoms with Gasteiger partial charge in [-0.1, -0.05) is 6.92 Å². The number of amides is 2. The first-order valence-electron chi connectivity index (χ1n) is 10.5. The lowest BCUT2D eigenvalue weighted by atomic mass is 9.39. The average Bonchev–Trinajstić information content (AvgIpc) is 2.59. The monoisotopic (exact) mass is 415 g/mol. The average molecular weight is 416 g/mol. The highest BCUT2D eigenvalue weighted by atomic mass is 35.5. The summed E-state index contributed by atoms with van der Waals surface area (Å²) < 4.78 is 19.2. The molecule has 4 aliphatic carbocycles. The zero-order chi connectivity index (χ0) is 19.9. The van der Waals surface area contributed by atoms with Crippen LogP contribution in [0.2, 0.25) is 0 Å². The van der Waals surface area contributed by atoms with Crippen LogP contribution in [0, 0.1) is 11.3 Å². The van der Waals surface area contributed by atoms with Gasteiger partial charge in [-0.2, -0.15) is 0 Å². The van der Waals surface area contributed by atoms with E-state index in [2.05, 4.69) is 22.9 Å². The van der Waals surface area contributed by atoms with E-state index in [0.717, 1.165) is 19.4 Å². The minimum atomic E-state index is -1.07. The van der Waals surface area contributed by atoms with Crippen molar-refractivity contribution < 1.29 is 18.7 Å². The van der Waals surface area contributed by atoms with Gasteiger partial charge < -0.3 is 15.4 Å². The summed E-state index contributed by atoms with van der Waals surface area (Å²) in [5, 5.41) is 9.10. The van der Waals surface area contributed by atoms with Crippen molar-refractivity contribution in [3.05, 3.63) is 0 Å². The molecule has 5 rings (SSSR count). The molecule has 4 saturated carbocycles. The number of alkyl halides is 2. The number of rotatable bonds is 6. The Labute approximate surface area is 170 Å². The third-order valence-electron chi connectivity index (χ3n) is 6.98. The molecule has 5 unspecified atom stereocenters. The Kier molecular flexibility index (Phi) is 5.62. The molecule has 3 N–H and O–H groups in total. The van der Waals surface area contributed by atoms with E-state index in [4.69, 9.17) is 16.3 Å². The minimum Gasteiger partial charge on any atom is -0.368 e. The molecule has 2 amide bonds. The van der Waals surface area contributed by atoms with Gasteiger partial charge in [-0.15, -0.1) is 11.6 Å². The van der Waals surface area contributed by atoms with Gasteiger partial charge in [-0.3, -0.25) is 14.9 Å². The van der Waals surface area contributed by atoms with E-state index in [-0.39, 0.29) is 48.1 Å². The maximum absolute atomic E-state index is 13.6. The highest BCUT2D eigenvalue weighted by Gasteiger charge is 2.72. The van der Waals surface area contributed by atoms with E-state index in [1.54, 1.807) is 0 Å². The molecule has 6 nitrogen and oxygen atoms in total. The molecule has 5 fully saturated rings. The topological polar surface area (TPSA) is 79.5 Å². The van der Waals surface area contributed by atoms with Gasteiger partial charge in [-0.05, 0) is 57.4 Å². The van der Waals surface area contributed by atoms with Crippen molar-refractivity contribution in [2.45, 2.75) is 87.6 Å². The van der Waals surface area contributed by atoms with E-state index in [1.807, 2.05) is 0 Å². The van der Waals surface area contributed by atoms with E-state index in [0.29, 0.717) is 38.0 Å². The molecule has 0 aromatic carbocycles. The molecule has 28 heavy (non-hydrogen) atoms. The normalized spacial score (nSPS) is 44.8. The molecule has 8 heteroatoms. The number of hydrogen-bond acceptors (Lipinski definition) is 4. The van der Waals surface area contributed by atoms with Gasteiger partial charge >= 0.3 is 0 Å². The van der Waals surface area contributed by atoms with E-state index >= 15 is 0 Å². The van der Waals surface area contributed by atoms with Crippen LogP contribution < -0.4 is 16.0 Å². The molecule has 0 spiro atoms. The SMILES string of the molecule is CC1CCC(NC(=O)C23CC(NC(=O)COC4CCC(Cl)C(F)C4)(C2)C3)NC1. The lowest BCUT2D eigenvalue weighted by Gasteiger charge is -2.69. The van der Waals surface area contributed by atoms with Gasteiger partial charge in [0.2, 0.25) is 11.8 Å². The van der Waals surface area contributed by atoms with Crippen molar-refractivity contribution in [3.63, 3.8) is 0 Å². The van der Waals surface area contributed by atoms with Crippen LogP contribution in [0.25, 0.3) is 0 Å². The lowest BCUT2D eigenvalue weighted by Crippen LogP contribution is -2.79. The number of carbonyl (C=O) groups excluding carboxylic acids is 2. The second-order valence-corrected chi connectivity index (χ2v) is 10.1. The molecular weight excluding hydrogens is 385 g/mol. The van der Waals surface area contributed by atoms with Gasteiger partial charge in [0.1, 0.15) is 12.8 Å². The predicted molar refractivity (Wildman–Crippen MR) is 104 cm³/mol. The fourth-order valence-electron chi connectivity index (χ4n) is 5.31. The molecule has 0 radical (unpaired) electrons. The largest absolute Gasteiger partial charge is 0.368 e. The molecule has 2 bridgehead atoms. The summed E-state index contributed by atoms with van der Waals surface area (Å²) in [5.74, 6) is 0.586. The minimum absolute atomic E-state index is 0.0601. The Morgan fingerprint density at radius 1 is 1.21 bits per heavy atom. The summed E-state index contributed by atoms with van der Waals surface area (Å²) in [4.78, 5) is 24.8. The Morgan fingerprint density at radius 2 is 1.96 bits per heavy atom. The fourth-order valence-corrected chi connectivity index (χ4v) is 5.54. The first-order chi connectivity index (χ1) is 13.3. The van der Waals surface area contributed by atoms with Gasteiger partial charge in [0.15, 0.2) is 0 Å². The summed E-state index contributed by atoms with van der Waals surface area (Å²) in [5.41, 5.74) is -0.554. The van der Waals surface area contributed by atoms with Gasteiger partial charge in [0, 0.05) is 12.0 Å². The molecule has 158 valence electrons. The van der Waals surface area contributed by atoms with Crippen molar-refractivity contribution in [2.75, 3.05) is 13.2 Å². The van der Waals surface area contributed by atoms with Crippen molar-refractivity contribution in [2.24, 2.45) is 11.3 Å². The van der Waals surface area contributed by atoms with E-state index in [9.17, 15) is 14.0 Å². The van der Waals surface area contributed by atoms with Crippen molar-refractivity contribution >= 4 is 23.4 Å². The quantitative estimate of drug-likeness (QED) is 0.580. The van der Waals surface area contributed by atoms with Crippen LogP contribution >= 0.6 is 11.6 Å². The lowest BCUT2D eigenvalue weighted by molar-refractivity contribution is -0.185. The maximum atomic E-state index is 13.6. The van der Waals surface area contributed by atoms with Crippen molar-refractivity contribution in [3.8, 4) is 0 Å². The first kappa shape index (κ1) is 20.4. The summed E-state index contributed by atoms with van der Waals surface area (Å²) in [6.07, 6.45) is 4.46. The Morgan fingerprint density at radius 3 is 2.61 bits per heavy atom. The number of hydrogen-bond donors (Lipinski definition) is 3. The summed E-state index contributed by atoms with van der Waals surface area (Å²) >= 11 is 5.87. The molecule has 1 heterocycles. The van der Waals surface area contributed by atoms with Gasteiger partial charge in [-0.25, -0.2) is 4.39 Å². The van der Waals surface area contributed by atoms with Crippen LogP contribution in [0.15, 0.2) is 0 Å². The van der Waals surface area contributed by atoms with Crippen molar-refractivity contribution in [1.82, 2.24) is 16.0 Å². The standard InChI is InChI=1S/C20H31ClFN3O3/c1-12-2-5-16(23-7-12)24-18(27)19-9-20(10-19,11-19)25-17(26)8-28-13-3-4-14(21)15(22)6-13/h12-16,23H,2-11H2,1H3,(H,24,27)(H,25,26). The number of carbonyl (C=O) groups is 2. The summed E-state index contributed by atoms with van der Waals surface area (Å²) in [7, 11) is 0. The fraction of sp³-hybridized carbons (Fsp3) is 0.900. The highest BCUT2D eigenvalue weighted by Crippen LogP contribution is 2.67.